The summed E-state index contributed by atoms with van der Waals surface area (Å²) in [6.45, 7) is -0.539. The van der Waals surface area contributed by atoms with Gasteiger partial charge in [-0.2, -0.15) is 11.8 Å². The van der Waals surface area contributed by atoms with E-state index in [-0.39, 0.29) is 0 Å². The number of primary amides is 1. The molecule has 0 saturated heterocycles. The molecule has 3 atom stereocenters. The van der Waals surface area contributed by atoms with Crippen LogP contribution in [0.2, 0.25) is 0 Å². The van der Waals surface area contributed by atoms with E-state index in [9.17, 15) is 24.0 Å². The van der Waals surface area contributed by atoms with Gasteiger partial charge in [-0.3, -0.25) is 19.2 Å². The number of amides is 4. The van der Waals surface area contributed by atoms with Crippen molar-refractivity contribution in [3.8, 4) is 0 Å². The Labute approximate surface area is 190 Å². The van der Waals surface area contributed by atoms with Gasteiger partial charge in [0.2, 0.25) is 23.6 Å². The Balaban J connectivity index is 2.64. The van der Waals surface area contributed by atoms with Crippen molar-refractivity contribution < 1.29 is 29.1 Å². The molecule has 0 bridgehead atoms. The smallest absolute Gasteiger partial charge is 0.326 e. The van der Waals surface area contributed by atoms with Crippen LogP contribution in [-0.4, -0.2) is 71.4 Å². The number of carboxylic acids is 1. The van der Waals surface area contributed by atoms with Crippen LogP contribution in [0, 0.1) is 0 Å². The average Bonchev–Trinajstić information content (AvgIpc) is 2.74. The average molecular weight is 468 g/mol. The van der Waals surface area contributed by atoms with E-state index >= 15 is 0 Å². The number of nitrogens with one attached hydrogen (secondary N) is 3. The van der Waals surface area contributed by atoms with Crippen LogP contribution >= 0.6 is 11.8 Å². The number of carbonyl (C=O) groups excluding carboxylic acids is 4. The Morgan fingerprint density at radius 1 is 1.03 bits per heavy atom. The molecule has 0 heterocycles. The number of rotatable bonds is 14. The zero-order valence-corrected chi connectivity index (χ0v) is 18.5. The molecule has 32 heavy (non-hydrogen) atoms. The molecule has 4 amide bonds. The van der Waals surface area contributed by atoms with E-state index in [2.05, 4.69) is 16.0 Å². The SMILES string of the molecule is CSCCC(NC(=O)C(N)Cc1ccccc1)C(=O)NCC(=O)NC(CC(N)=O)C(=O)O. The van der Waals surface area contributed by atoms with Crippen LogP contribution < -0.4 is 27.4 Å². The highest BCUT2D eigenvalue weighted by molar-refractivity contribution is 7.98. The molecule has 1 rings (SSSR count). The van der Waals surface area contributed by atoms with Gasteiger partial charge in [0.1, 0.15) is 12.1 Å². The number of nitrogens with two attached hydrogens (primary N) is 2. The lowest BCUT2D eigenvalue weighted by Crippen LogP contribution is -2.54. The fourth-order valence-corrected chi connectivity index (χ4v) is 3.15. The summed E-state index contributed by atoms with van der Waals surface area (Å²) in [5, 5.41) is 16.1. The first-order valence-corrected chi connectivity index (χ1v) is 11.2. The molecule has 1 aromatic carbocycles. The van der Waals surface area contributed by atoms with Crippen LogP contribution in [0.25, 0.3) is 0 Å². The Bertz CT molecular complexity index is 807. The highest BCUT2D eigenvalue weighted by Crippen LogP contribution is 2.05. The first-order chi connectivity index (χ1) is 15.1. The van der Waals surface area contributed by atoms with Gasteiger partial charge >= 0.3 is 5.97 Å². The minimum atomic E-state index is -1.50. The standard InChI is InChI=1S/C20H29N5O6S/c1-32-8-7-14(25-18(28)13(21)9-12-5-3-2-4-6-12)19(29)23-11-17(27)24-15(20(30)31)10-16(22)26/h2-6,13-15H,7-11,21H2,1H3,(H2,22,26)(H,23,29)(H,24,27)(H,25,28)(H,30,31). The number of hydrogen-bond donors (Lipinski definition) is 6. The summed E-state index contributed by atoms with van der Waals surface area (Å²) in [6.07, 6.45) is 1.86. The number of benzene rings is 1. The first kappa shape index (κ1) is 26.9. The minimum Gasteiger partial charge on any atom is -0.480 e. The van der Waals surface area contributed by atoms with Crippen LogP contribution in [0.3, 0.4) is 0 Å². The maximum atomic E-state index is 12.5. The predicted molar refractivity (Wildman–Crippen MR) is 119 cm³/mol. The highest BCUT2D eigenvalue weighted by atomic mass is 32.2. The van der Waals surface area contributed by atoms with Crippen molar-refractivity contribution in [3.63, 3.8) is 0 Å². The predicted octanol–water partition coefficient (Wildman–Crippen LogP) is -1.64. The number of thioether (sulfide) groups is 1. The third-order valence-corrected chi connectivity index (χ3v) is 4.98. The van der Waals surface area contributed by atoms with Gasteiger partial charge in [-0.25, -0.2) is 4.79 Å². The molecule has 3 unspecified atom stereocenters. The molecule has 0 radical (unpaired) electrons. The fraction of sp³-hybridized carbons (Fsp3) is 0.450. The van der Waals surface area contributed by atoms with Gasteiger partial charge in [0, 0.05) is 0 Å². The van der Waals surface area contributed by atoms with Gasteiger partial charge in [0.25, 0.3) is 0 Å². The quantitative estimate of drug-likeness (QED) is 0.187. The van der Waals surface area contributed by atoms with E-state index in [4.69, 9.17) is 16.6 Å². The Morgan fingerprint density at radius 2 is 1.69 bits per heavy atom. The zero-order chi connectivity index (χ0) is 24.1. The Hall–Kier alpha value is -3.12. The van der Waals surface area contributed by atoms with Gasteiger partial charge in [-0.15, -0.1) is 0 Å². The number of aliphatic carboxylic acids is 1. The highest BCUT2D eigenvalue weighted by Gasteiger charge is 2.25. The summed E-state index contributed by atoms with van der Waals surface area (Å²) in [4.78, 5) is 58.9. The lowest BCUT2D eigenvalue weighted by atomic mass is 10.1. The van der Waals surface area contributed by atoms with E-state index in [1.807, 2.05) is 36.6 Å². The van der Waals surface area contributed by atoms with Gasteiger partial charge in [-0.05, 0) is 30.4 Å². The summed E-state index contributed by atoms with van der Waals surface area (Å²) in [6, 6.07) is 5.90. The summed E-state index contributed by atoms with van der Waals surface area (Å²) in [5.74, 6) is -3.70. The largest absolute Gasteiger partial charge is 0.480 e. The van der Waals surface area contributed by atoms with Crippen molar-refractivity contribution in [2.45, 2.75) is 37.4 Å². The van der Waals surface area contributed by atoms with Crippen LogP contribution in [0.15, 0.2) is 30.3 Å². The molecule has 176 valence electrons. The summed E-state index contributed by atoms with van der Waals surface area (Å²) >= 11 is 1.48. The zero-order valence-electron chi connectivity index (χ0n) is 17.7. The summed E-state index contributed by atoms with van der Waals surface area (Å²) < 4.78 is 0. The molecule has 0 aliphatic rings. The van der Waals surface area contributed by atoms with Crippen molar-refractivity contribution in [2.24, 2.45) is 11.5 Å². The van der Waals surface area contributed by atoms with E-state index < -0.39 is 60.7 Å². The monoisotopic (exact) mass is 467 g/mol. The lowest BCUT2D eigenvalue weighted by Gasteiger charge is -2.21. The molecule has 0 aromatic heterocycles. The van der Waals surface area contributed by atoms with Gasteiger partial charge < -0.3 is 32.5 Å². The molecule has 0 spiro atoms. The third kappa shape index (κ3) is 10.3. The summed E-state index contributed by atoms with van der Waals surface area (Å²) in [7, 11) is 0. The van der Waals surface area contributed by atoms with Crippen LogP contribution in [0.1, 0.15) is 18.4 Å². The molecular formula is C20H29N5O6S. The summed E-state index contributed by atoms with van der Waals surface area (Å²) in [5.41, 5.74) is 11.8. The first-order valence-electron chi connectivity index (χ1n) is 9.81. The molecule has 11 nitrogen and oxygen atoms in total. The van der Waals surface area contributed by atoms with Crippen molar-refractivity contribution in [2.75, 3.05) is 18.6 Å². The normalized spacial score (nSPS) is 13.3. The Kier molecular flexibility index (Phi) is 11.8. The van der Waals surface area contributed by atoms with E-state index in [1.54, 1.807) is 0 Å². The molecule has 0 aliphatic heterocycles. The van der Waals surface area contributed by atoms with E-state index in [0.29, 0.717) is 18.6 Å². The fourth-order valence-electron chi connectivity index (χ4n) is 2.68. The van der Waals surface area contributed by atoms with Gasteiger partial charge in [0.15, 0.2) is 0 Å². The molecule has 0 aliphatic carbocycles. The second-order valence-corrected chi connectivity index (χ2v) is 7.97. The van der Waals surface area contributed by atoms with Gasteiger partial charge in [-0.1, -0.05) is 30.3 Å². The van der Waals surface area contributed by atoms with Crippen molar-refractivity contribution >= 4 is 41.4 Å². The van der Waals surface area contributed by atoms with E-state index in [0.717, 1.165) is 5.56 Å². The van der Waals surface area contributed by atoms with Crippen molar-refractivity contribution in [1.82, 2.24) is 16.0 Å². The molecule has 1 aromatic rings. The second kappa shape index (κ2) is 14.0. The molecular weight excluding hydrogens is 438 g/mol. The van der Waals surface area contributed by atoms with Gasteiger partial charge in [0.05, 0.1) is 19.0 Å². The van der Waals surface area contributed by atoms with Crippen molar-refractivity contribution in [3.05, 3.63) is 35.9 Å². The van der Waals surface area contributed by atoms with Crippen molar-refractivity contribution in [1.29, 1.82) is 0 Å². The van der Waals surface area contributed by atoms with Crippen LogP contribution in [0.4, 0.5) is 0 Å². The van der Waals surface area contributed by atoms with Crippen LogP contribution in [-0.2, 0) is 30.4 Å². The molecule has 12 heteroatoms. The molecule has 0 saturated carbocycles. The number of carboxylic acid groups (broad SMARTS) is 1. The molecule has 0 fully saturated rings. The number of carbonyl (C=O) groups is 5. The maximum Gasteiger partial charge on any atom is 0.326 e. The van der Waals surface area contributed by atoms with E-state index in [1.165, 1.54) is 11.8 Å². The molecule has 8 N–H and O–H groups in total. The van der Waals surface area contributed by atoms with Crippen LogP contribution in [0.5, 0.6) is 0 Å². The minimum absolute atomic E-state index is 0.294. The second-order valence-electron chi connectivity index (χ2n) is 6.99. The number of hydrogen-bond acceptors (Lipinski definition) is 7. The lowest BCUT2D eigenvalue weighted by molar-refractivity contribution is -0.143. The Morgan fingerprint density at radius 3 is 2.25 bits per heavy atom. The maximum absolute atomic E-state index is 12.5. The third-order valence-electron chi connectivity index (χ3n) is 4.34. The topological polar surface area (TPSA) is 194 Å².